The van der Waals surface area contributed by atoms with Gasteiger partial charge in [0.2, 0.25) is 0 Å². The topological polar surface area (TPSA) is 35.8 Å². The number of halogens is 2. The van der Waals surface area contributed by atoms with Gasteiger partial charge in [-0.3, -0.25) is 0 Å². The van der Waals surface area contributed by atoms with Crippen molar-refractivity contribution in [3.8, 4) is 6.07 Å². The van der Waals surface area contributed by atoms with Crippen LogP contribution >= 0.6 is 23.2 Å². The van der Waals surface area contributed by atoms with E-state index in [1.165, 1.54) is 0 Å². The minimum atomic E-state index is -0.188. The molecule has 2 nitrogen and oxygen atoms in total. The van der Waals surface area contributed by atoms with E-state index < -0.39 is 0 Å². The van der Waals surface area contributed by atoms with Gasteiger partial charge in [-0.05, 0) is 24.6 Å². The summed E-state index contributed by atoms with van der Waals surface area (Å²) in [6, 6.07) is 7.18. The van der Waals surface area contributed by atoms with Crippen LogP contribution in [0.25, 0.3) is 0 Å². The molecule has 0 saturated heterocycles. The summed E-state index contributed by atoms with van der Waals surface area (Å²) in [6.45, 7) is 1.94. The second kappa shape index (κ2) is 5.09. The normalized spacial score (nSPS) is 11.9. The molecule has 1 atom stereocenters. The fourth-order valence-electron chi connectivity index (χ4n) is 1.01. The van der Waals surface area contributed by atoms with Crippen LogP contribution in [0.4, 0.5) is 5.69 Å². The van der Waals surface area contributed by atoms with Crippen LogP contribution < -0.4 is 5.32 Å². The SMILES string of the molecule is CCC(C#N)Nc1ccc(Cl)c(Cl)c1. The number of anilines is 1. The summed E-state index contributed by atoms with van der Waals surface area (Å²) >= 11 is 11.6. The number of nitrogens with zero attached hydrogens (tertiary/aromatic N) is 1. The summed E-state index contributed by atoms with van der Waals surface area (Å²) in [6.07, 6.45) is 0.747. The van der Waals surface area contributed by atoms with Crippen LogP contribution in [0.15, 0.2) is 18.2 Å². The minimum Gasteiger partial charge on any atom is -0.370 e. The van der Waals surface area contributed by atoms with Crippen LogP contribution in [-0.4, -0.2) is 6.04 Å². The number of hydrogen-bond donors (Lipinski definition) is 1. The molecular formula is C10H10Cl2N2. The van der Waals surface area contributed by atoms with Gasteiger partial charge in [0, 0.05) is 5.69 Å². The third-order valence-corrected chi connectivity index (χ3v) is 2.56. The predicted molar refractivity (Wildman–Crippen MR) is 59.8 cm³/mol. The van der Waals surface area contributed by atoms with E-state index in [4.69, 9.17) is 28.5 Å². The molecule has 4 heteroatoms. The molecule has 0 amide bonds. The van der Waals surface area contributed by atoms with E-state index in [0.29, 0.717) is 10.0 Å². The Bertz CT molecular complexity index is 358. The maximum atomic E-state index is 8.74. The molecule has 74 valence electrons. The third kappa shape index (κ3) is 2.80. The van der Waals surface area contributed by atoms with E-state index in [1.54, 1.807) is 18.2 Å². The van der Waals surface area contributed by atoms with Gasteiger partial charge < -0.3 is 5.32 Å². The Hall–Kier alpha value is -0.910. The van der Waals surface area contributed by atoms with Crippen molar-refractivity contribution in [3.63, 3.8) is 0 Å². The Morgan fingerprint density at radius 3 is 2.64 bits per heavy atom. The second-order valence-electron chi connectivity index (χ2n) is 2.86. The molecular weight excluding hydrogens is 219 g/mol. The number of benzene rings is 1. The van der Waals surface area contributed by atoms with Crippen molar-refractivity contribution < 1.29 is 0 Å². The summed E-state index contributed by atoms with van der Waals surface area (Å²) in [7, 11) is 0. The molecule has 0 aromatic heterocycles. The Morgan fingerprint density at radius 2 is 2.14 bits per heavy atom. The standard InChI is InChI=1S/C10H10Cl2N2/c1-2-7(6-13)14-8-3-4-9(11)10(12)5-8/h3-5,7,14H,2H2,1H3. The lowest BCUT2D eigenvalue weighted by Gasteiger charge is -2.10. The first-order valence-electron chi connectivity index (χ1n) is 4.28. The van der Waals surface area contributed by atoms with E-state index >= 15 is 0 Å². The molecule has 0 aliphatic carbocycles. The molecule has 0 fully saturated rings. The van der Waals surface area contributed by atoms with Crippen molar-refractivity contribution in [2.45, 2.75) is 19.4 Å². The van der Waals surface area contributed by atoms with Crippen LogP contribution in [0, 0.1) is 11.3 Å². The highest BCUT2D eigenvalue weighted by Crippen LogP contribution is 2.25. The molecule has 14 heavy (non-hydrogen) atoms. The number of nitriles is 1. The molecule has 0 aliphatic heterocycles. The maximum Gasteiger partial charge on any atom is 0.114 e. The number of hydrogen-bond acceptors (Lipinski definition) is 2. The average Bonchev–Trinajstić information content (AvgIpc) is 2.19. The molecule has 0 heterocycles. The Balaban J connectivity index is 2.78. The third-order valence-electron chi connectivity index (χ3n) is 1.82. The van der Waals surface area contributed by atoms with Gasteiger partial charge in [-0.25, -0.2) is 0 Å². The van der Waals surface area contributed by atoms with Gasteiger partial charge in [0.1, 0.15) is 6.04 Å². The summed E-state index contributed by atoms with van der Waals surface area (Å²) in [5, 5.41) is 12.8. The van der Waals surface area contributed by atoms with Gasteiger partial charge >= 0.3 is 0 Å². The Kier molecular flexibility index (Phi) is 4.06. The van der Waals surface area contributed by atoms with E-state index in [0.717, 1.165) is 12.1 Å². The summed E-state index contributed by atoms with van der Waals surface area (Å²) in [5.74, 6) is 0. The summed E-state index contributed by atoms with van der Waals surface area (Å²) in [4.78, 5) is 0. The molecule has 1 aromatic carbocycles. The van der Waals surface area contributed by atoms with Crippen molar-refractivity contribution in [1.29, 1.82) is 5.26 Å². The van der Waals surface area contributed by atoms with Gasteiger partial charge in [-0.15, -0.1) is 0 Å². The molecule has 1 aromatic rings. The first-order valence-corrected chi connectivity index (χ1v) is 5.04. The molecule has 1 N–H and O–H groups in total. The highest BCUT2D eigenvalue weighted by atomic mass is 35.5. The highest BCUT2D eigenvalue weighted by molar-refractivity contribution is 6.42. The maximum absolute atomic E-state index is 8.74. The van der Waals surface area contributed by atoms with Crippen LogP contribution in [0.5, 0.6) is 0 Å². The van der Waals surface area contributed by atoms with Crippen molar-refractivity contribution in [3.05, 3.63) is 28.2 Å². The van der Waals surface area contributed by atoms with Crippen LogP contribution in [0.2, 0.25) is 10.0 Å². The molecule has 1 rings (SSSR count). The zero-order valence-electron chi connectivity index (χ0n) is 7.72. The lowest BCUT2D eigenvalue weighted by molar-refractivity contribution is 0.845. The lowest BCUT2D eigenvalue weighted by Crippen LogP contribution is -2.15. The minimum absolute atomic E-state index is 0.188. The van der Waals surface area contributed by atoms with Gasteiger partial charge in [0.15, 0.2) is 0 Å². The summed E-state index contributed by atoms with van der Waals surface area (Å²) < 4.78 is 0. The zero-order chi connectivity index (χ0) is 10.6. The van der Waals surface area contributed by atoms with E-state index in [9.17, 15) is 0 Å². The predicted octanol–water partition coefficient (Wildman–Crippen LogP) is 3.71. The van der Waals surface area contributed by atoms with Crippen molar-refractivity contribution in [1.82, 2.24) is 0 Å². The van der Waals surface area contributed by atoms with E-state index in [-0.39, 0.29) is 6.04 Å². The van der Waals surface area contributed by atoms with Crippen molar-refractivity contribution in [2.75, 3.05) is 5.32 Å². The number of rotatable bonds is 3. The van der Waals surface area contributed by atoms with Crippen LogP contribution in [0.3, 0.4) is 0 Å². The quantitative estimate of drug-likeness (QED) is 0.857. The van der Waals surface area contributed by atoms with Crippen LogP contribution in [0.1, 0.15) is 13.3 Å². The highest BCUT2D eigenvalue weighted by Gasteiger charge is 2.05. The fourth-order valence-corrected chi connectivity index (χ4v) is 1.31. The zero-order valence-corrected chi connectivity index (χ0v) is 9.23. The molecule has 0 bridgehead atoms. The van der Waals surface area contributed by atoms with Crippen molar-refractivity contribution >= 4 is 28.9 Å². The van der Waals surface area contributed by atoms with Gasteiger partial charge in [0.05, 0.1) is 16.1 Å². The first kappa shape index (κ1) is 11.2. The fraction of sp³-hybridized carbons (Fsp3) is 0.300. The lowest BCUT2D eigenvalue weighted by atomic mass is 10.2. The molecule has 0 radical (unpaired) electrons. The Labute approximate surface area is 93.4 Å². The monoisotopic (exact) mass is 228 g/mol. The average molecular weight is 229 g/mol. The van der Waals surface area contributed by atoms with Crippen molar-refractivity contribution in [2.24, 2.45) is 0 Å². The molecule has 0 saturated carbocycles. The molecule has 0 aliphatic rings. The molecule has 1 unspecified atom stereocenters. The second-order valence-corrected chi connectivity index (χ2v) is 3.68. The van der Waals surface area contributed by atoms with E-state index in [2.05, 4.69) is 11.4 Å². The molecule has 0 spiro atoms. The van der Waals surface area contributed by atoms with Gasteiger partial charge in [-0.1, -0.05) is 30.1 Å². The van der Waals surface area contributed by atoms with Gasteiger partial charge in [0.25, 0.3) is 0 Å². The van der Waals surface area contributed by atoms with E-state index in [1.807, 2.05) is 6.92 Å². The first-order chi connectivity index (χ1) is 6.67. The Morgan fingerprint density at radius 1 is 1.43 bits per heavy atom. The van der Waals surface area contributed by atoms with Gasteiger partial charge in [-0.2, -0.15) is 5.26 Å². The smallest absolute Gasteiger partial charge is 0.114 e. The number of nitrogens with one attached hydrogen (secondary N) is 1. The largest absolute Gasteiger partial charge is 0.370 e. The summed E-state index contributed by atoms with van der Waals surface area (Å²) in [5.41, 5.74) is 0.813. The van der Waals surface area contributed by atoms with Crippen LogP contribution in [-0.2, 0) is 0 Å².